The number of hydrogen-bond acceptors (Lipinski definition) is 11. The minimum atomic E-state index is -2.35. The number of fused-ring (bicyclic) bond motifs is 2. The number of benzene rings is 1. The second kappa shape index (κ2) is 17.6. The van der Waals surface area contributed by atoms with Crippen LogP contribution in [0.5, 0.6) is 11.5 Å². The zero-order valence-corrected chi connectivity index (χ0v) is 33.8. The predicted octanol–water partition coefficient (Wildman–Crippen LogP) is 7.79. The molecular weight excluding hydrogens is 717 g/mol. The molecular formula is C39H54N2O10SSi. The van der Waals surface area contributed by atoms with Gasteiger partial charge in [0.15, 0.2) is 32.3 Å². The van der Waals surface area contributed by atoms with Crippen LogP contribution in [0, 0.1) is 0 Å². The molecule has 290 valence electrons. The first-order valence-electron chi connectivity index (χ1n) is 18.3. The Morgan fingerprint density at radius 3 is 2.60 bits per heavy atom. The molecule has 0 aliphatic carbocycles. The molecule has 0 bridgehead atoms. The number of anilines is 1. The van der Waals surface area contributed by atoms with Crippen molar-refractivity contribution in [3.63, 3.8) is 0 Å². The highest BCUT2D eigenvalue weighted by atomic mass is 32.1. The minimum Gasteiger partial charge on any atom is -0.493 e. The average molecular weight is 771 g/mol. The molecule has 2 aromatic rings. The van der Waals surface area contributed by atoms with Crippen molar-refractivity contribution >= 4 is 48.9 Å². The Morgan fingerprint density at radius 2 is 1.96 bits per heavy atom. The Morgan fingerprint density at radius 1 is 1.17 bits per heavy atom. The van der Waals surface area contributed by atoms with Crippen LogP contribution in [0.3, 0.4) is 0 Å². The summed E-state index contributed by atoms with van der Waals surface area (Å²) < 4.78 is 42.6. The maximum atomic E-state index is 14.6. The summed E-state index contributed by atoms with van der Waals surface area (Å²) in [4.78, 5) is 44.7. The molecule has 1 aromatic heterocycles. The van der Waals surface area contributed by atoms with Crippen LogP contribution in [0.4, 0.5) is 10.5 Å². The van der Waals surface area contributed by atoms with E-state index in [1.165, 1.54) is 18.1 Å². The summed E-state index contributed by atoms with van der Waals surface area (Å²) in [5.74, 6) is -0.170. The Bertz CT molecular complexity index is 1630. The largest absolute Gasteiger partial charge is 0.493 e. The second-order valence-electron chi connectivity index (χ2n) is 14.9. The van der Waals surface area contributed by atoms with E-state index in [1.54, 1.807) is 35.3 Å². The Kier molecular flexibility index (Phi) is 13.5. The molecule has 0 saturated carbocycles. The van der Waals surface area contributed by atoms with Crippen molar-refractivity contribution in [2.24, 2.45) is 0 Å². The number of ether oxygens (including phenoxy) is 6. The number of nitrogens with zero attached hydrogens (tertiary/aromatic N) is 2. The van der Waals surface area contributed by atoms with Crippen LogP contribution in [0.2, 0.25) is 18.1 Å². The quantitative estimate of drug-likeness (QED) is 0.107. The maximum absolute atomic E-state index is 14.6. The lowest BCUT2D eigenvalue weighted by Crippen LogP contribution is -2.57. The lowest BCUT2D eigenvalue weighted by Gasteiger charge is -2.42. The lowest BCUT2D eigenvalue weighted by atomic mass is 9.94. The number of methoxy groups -OCH3 is 1. The third-order valence-electron chi connectivity index (χ3n) is 10.2. The van der Waals surface area contributed by atoms with Crippen LogP contribution in [0.1, 0.15) is 75.7 Å². The van der Waals surface area contributed by atoms with E-state index in [1.807, 2.05) is 11.4 Å². The summed E-state index contributed by atoms with van der Waals surface area (Å²) in [6.07, 6.45) is 3.48. The zero-order valence-electron chi connectivity index (χ0n) is 32.0. The molecule has 3 aliphatic rings. The van der Waals surface area contributed by atoms with E-state index in [2.05, 4.69) is 51.9 Å². The van der Waals surface area contributed by atoms with Gasteiger partial charge in [-0.1, -0.05) is 39.5 Å². The van der Waals surface area contributed by atoms with Crippen molar-refractivity contribution in [3.8, 4) is 11.5 Å². The van der Waals surface area contributed by atoms with Gasteiger partial charge < -0.3 is 37.7 Å². The molecule has 1 saturated heterocycles. The molecule has 4 atom stereocenters. The van der Waals surface area contributed by atoms with Gasteiger partial charge in [0.2, 0.25) is 0 Å². The Labute approximate surface area is 318 Å². The number of hydrogen-bond donors (Lipinski definition) is 0. The molecule has 0 radical (unpaired) electrons. The number of thiophene rings is 1. The van der Waals surface area contributed by atoms with E-state index in [0.29, 0.717) is 26.0 Å². The molecule has 0 spiro atoms. The fourth-order valence-electron chi connectivity index (χ4n) is 6.43. The first-order chi connectivity index (χ1) is 25.3. The lowest BCUT2D eigenvalue weighted by molar-refractivity contribution is -0.196. The van der Waals surface area contributed by atoms with Gasteiger partial charge in [-0.05, 0) is 84.8 Å². The summed E-state index contributed by atoms with van der Waals surface area (Å²) in [6.45, 7) is 17.1. The van der Waals surface area contributed by atoms with Crippen LogP contribution in [0.15, 0.2) is 47.7 Å². The molecule has 0 N–H and O–H groups in total. The normalized spacial score (nSPS) is 21.1. The molecule has 14 heteroatoms. The summed E-state index contributed by atoms with van der Waals surface area (Å²) in [5.41, 5.74) is 2.57. The summed E-state index contributed by atoms with van der Waals surface area (Å²) >= 11 is 1.60. The summed E-state index contributed by atoms with van der Waals surface area (Å²) in [5, 5.41) is 3.96. The molecule has 53 heavy (non-hydrogen) atoms. The molecule has 1 aromatic carbocycles. The van der Waals surface area contributed by atoms with Crippen molar-refractivity contribution in [3.05, 3.63) is 58.8 Å². The van der Waals surface area contributed by atoms with E-state index in [0.717, 1.165) is 24.0 Å². The maximum Gasteiger partial charge on any atom is 0.416 e. The first kappa shape index (κ1) is 40.5. The molecule has 5 rings (SSSR count). The monoisotopic (exact) mass is 770 g/mol. The number of carbonyl (C=O) groups excluding carboxylic acids is 3. The van der Waals surface area contributed by atoms with Gasteiger partial charge in [-0.15, -0.1) is 0 Å². The highest BCUT2D eigenvalue weighted by Gasteiger charge is 2.47. The highest BCUT2D eigenvalue weighted by Crippen LogP contribution is 2.44. The van der Waals surface area contributed by atoms with Crippen LogP contribution >= 0.6 is 11.3 Å². The van der Waals surface area contributed by atoms with Crippen molar-refractivity contribution in [2.75, 3.05) is 45.0 Å². The van der Waals surface area contributed by atoms with E-state index in [9.17, 15) is 14.4 Å². The standard InChI is InChI=1S/C39H54N2O10SSi/c1-9-17-48-38(44)41-30-23-33(49-24-28(21-34(42)46-10-2)51-53(7,8)39(3,4)5)32(45-6)22-29(30)36(43)40-16-14-26(27-15-19-52-25-27)20-31(40)37(41)50-35-13-11-12-18-47-35/h9,14-15,19,22-23,25,28,31,35,37H,1,10-13,16-18,20-21,24H2,2-8H3/t28-,31-,35?,37?/m0/s1. The smallest absolute Gasteiger partial charge is 0.416 e. The first-order valence-corrected chi connectivity index (χ1v) is 22.2. The van der Waals surface area contributed by atoms with E-state index in [-0.39, 0.29) is 59.9 Å². The summed E-state index contributed by atoms with van der Waals surface area (Å²) in [6, 6.07) is 4.66. The number of esters is 1. The number of rotatable bonds is 14. The fourth-order valence-corrected chi connectivity index (χ4v) is 8.45. The van der Waals surface area contributed by atoms with Gasteiger partial charge in [-0.2, -0.15) is 11.3 Å². The van der Waals surface area contributed by atoms with Crippen LogP contribution < -0.4 is 14.4 Å². The number of amides is 2. The zero-order chi connectivity index (χ0) is 38.3. The van der Waals surface area contributed by atoms with Gasteiger partial charge >= 0.3 is 12.1 Å². The van der Waals surface area contributed by atoms with Crippen molar-refractivity contribution in [2.45, 2.75) is 103 Å². The topological polar surface area (TPSA) is 122 Å². The van der Waals surface area contributed by atoms with Crippen LogP contribution in [-0.2, 0) is 28.2 Å². The van der Waals surface area contributed by atoms with Gasteiger partial charge in [-0.25, -0.2) is 9.69 Å². The van der Waals surface area contributed by atoms with Gasteiger partial charge in [-0.3, -0.25) is 9.59 Å². The van der Waals surface area contributed by atoms with E-state index >= 15 is 0 Å². The van der Waals surface area contributed by atoms with Crippen molar-refractivity contribution in [1.82, 2.24) is 4.90 Å². The fraction of sp³-hybridized carbons (Fsp3) is 0.564. The molecule has 3 aliphatic heterocycles. The van der Waals surface area contributed by atoms with E-state index in [4.69, 9.17) is 32.8 Å². The third kappa shape index (κ3) is 9.52. The Balaban J connectivity index is 1.58. The van der Waals surface area contributed by atoms with Gasteiger partial charge in [0.25, 0.3) is 5.91 Å². The molecule has 1 fully saturated rings. The summed E-state index contributed by atoms with van der Waals surface area (Å²) in [7, 11) is -0.864. The molecule has 4 heterocycles. The highest BCUT2D eigenvalue weighted by molar-refractivity contribution is 7.08. The van der Waals surface area contributed by atoms with Gasteiger partial charge in [0.1, 0.15) is 13.2 Å². The second-order valence-corrected chi connectivity index (χ2v) is 20.4. The van der Waals surface area contributed by atoms with Crippen molar-refractivity contribution < 1.29 is 47.2 Å². The minimum absolute atomic E-state index is 0.0144. The van der Waals surface area contributed by atoms with Gasteiger partial charge in [0.05, 0.1) is 43.5 Å². The van der Waals surface area contributed by atoms with Crippen LogP contribution in [-0.4, -0.2) is 95.9 Å². The third-order valence-corrected chi connectivity index (χ3v) is 15.4. The SMILES string of the molecule is C=CCOC(=O)N1c2cc(OC[C@H](CC(=O)OCC)O[Si](C)(C)C(C)(C)C)c(OC)cc2C(=O)N2CC=C(c3ccsc3)C[C@H]2C1OC1CCCCO1. The average Bonchev–Trinajstić information content (AvgIpc) is 3.65. The van der Waals surface area contributed by atoms with Crippen LogP contribution in [0.25, 0.3) is 5.57 Å². The molecule has 2 amide bonds. The van der Waals surface area contributed by atoms with E-state index < -0.39 is 45.0 Å². The Hall–Kier alpha value is -3.69. The van der Waals surface area contributed by atoms with Crippen molar-refractivity contribution in [1.29, 1.82) is 0 Å². The predicted molar refractivity (Wildman–Crippen MR) is 206 cm³/mol. The molecule has 12 nitrogen and oxygen atoms in total. The number of carbonyl (C=O) groups is 3. The molecule has 2 unspecified atom stereocenters. The van der Waals surface area contributed by atoms with Gasteiger partial charge in [0, 0.05) is 19.2 Å².